The third-order valence-corrected chi connectivity index (χ3v) is 5.93. The van der Waals surface area contributed by atoms with E-state index in [2.05, 4.69) is 0 Å². The second kappa shape index (κ2) is 3.35. The first kappa shape index (κ1) is 8.52. The minimum Gasteiger partial charge on any atom is -0.152 e. The molecule has 0 spiro atoms. The summed E-state index contributed by atoms with van der Waals surface area (Å²) in [6.45, 7) is 0. The maximum atomic E-state index is 6.18. The molecule has 0 amide bonds. The molecule has 4 unspecified atom stereocenters. The third kappa shape index (κ3) is 1.52. The van der Waals surface area contributed by atoms with Crippen molar-refractivity contribution in [3.8, 4) is 0 Å². The van der Waals surface area contributed by atoms with Gasteiger partial charge >= 0.3 is 0 Å². The Bertz CT molecular complexity index is 135. The molecule has 2 fully saturated rings. The third-order valence-electron chi connectivity index (χ3n) is 2.59. The number of halogens is 2. The van der Waals surface area contributed by atoms with Gasteiger partial charge in [0.25, 0.3) is 0 Å². The summed E-state index contributed by atoms with van der Waals surface area (Å²) < 4.78 is 0. The summed E-state index contributed by atoms with van der Waals surface area (Å²) in [5.74, 6) is 0. The smallest absolute Gasteiger partial charge is 0.0629 e. The van der Waals surface area contributed by atoms with Crippen LogP contribution in [0, 0.1) is 0 Å². The van der Waals surface area contributed by atoms with Gasteiger partial charge in [-0.25, -0.2) is 0 Å². The Hall–Kier alpha value is 0.930. The van der Waals surface area contributed by atoms with Gasteiger partial charge in [-0.2, -0.15) is 11.8 Å². The van der Waals surface area contributed by atoms with E-state index >= 15 is 0 Å². The van der Waals surface area contributed by atoms with Crippen molar-refractivity contribution in [1.82, 2.24) is 0 Å². The fourth-order valence-electron chi connectivity index (χ4n) is 1.93. The lowest BCUT2D eigenvalue weighted by Crippen LogP contribution is -2.24. The minimum absolute atomic E-state index is 0.229. The lowest BCUT2D eigenvalue weighted by molar-refractivity contribution is 0.565. The molecule has 2 heterocycles. The summed E-state index contributed by atoms with van der Waals surface area (Å²) in [7, 11) is 0. The molecule has 0 aromatic rings. The van der Waals surface area contributed by atoms with Crippen molar-refractivity contribution >= 4 is 35.0 Å². The van der Waals surface area contributed by atoms with E-state index in [1.807, 2.05) is 11.8 Å². The van der Waals surface area contributed by atoms with Crippen LogP contribution in [0.1, 0.15) is 25.7 Å². The van der Waals surface area contributed by atoms with E-state index in [0.717, 1.165) is 0 Å². The van der Waals surface area contributed by atoms with E-state index in [1.54, 1.807) is 0 Å². The van der Waals surface area contributed by atoms with Gasteiger partial charge in [0.15, 0.2) is 0 Å². The Kier molecular flexibility index (Phi) is 2.60. The van der Waals surface area contributed by atoms with Gasteiger partial charge < -0.3 is 0 Å². The number of hydrogen-bond acceptors (Lipinski definition) is 1. The van der Waals surface area contributed by atoms with Gasteiger partial charge in [0.1, 0.15) is 0 Å². The van der Waals surface area contributed by atoms with Crippen molar-refractivity contribution in [1.29, 1.82) is 0 Å². The Morgan fingerprint density at radius 3 is 1.82 bits per heavy atom. The Morgan fingerprint density at radius 1 is 0.909 bits per heavy atom. The molecule has 0 aliphatic carbocycles. The van der Waals surface area contributed by atoms with Crippen molar-refractivity contribution in [3.63, 3.8) is 0 Å². The van der Waals surface area contributed by atoms with E-state index < -0.39 is 0 Å². The highest BCUT2D eigenvalue weighted by Crippen LogP contribution is 2.46. The van der Waals surface area contributed by atoms with Crippen LogP contribution in [0.4, 0.5) is 0 Å². The molecule has 3 heteroatoms. The fourth-order valence-corrected chi connectivity index (χ4v) is 4.76. The SMILES string of the molecule is ClC1C2CCCCC(S2)C1Cl. The summed E-state index contributed by atoms with van der Waals surface area (Å²) in [6.07, 6.45) is 5.25. The number of alkyl halides is 2. The molecule has 0 nitrogen and oxygen atoms in total. The monoisotopic (exact) mass is 210 g/mol. The van der Waals surface area contributed by atoms with E-state index in [-0.39, 0.29) is 10.8 Å². The molecule has 4 atom stereocenters. The summed E-state index contributed by atoms with van der Waals surface area (Å²) in [6, 6.07) is 0. The summed E-state index contributed by atoms with van der Waals surface area (Å²) in [5, 5.41) is 1.75. The predicted molar refractivity (Wildman–Crippen MR) is 52.9 cm³/mol. The molecule has 2 aliphatic rings. The van der Waals surface area contributed by atoms with Gasteiger partial charge in [0.2, 0.25) is 0 Å². The fraction of sp³-hybridized carbons (Fsp3) is 1.00. The van der Waals surface area contributed by atoms with Crippen LogP contribution in [0.5, 0.6) is 0 Å². The lowest BCUT2D eigenvalue weighted by Gasteiger charge is -2.16. The molecule has 2 saturated heterocycles. The topological polar surface area (TPSA) is 0 Å². The van der Waals surface area contributed by atoms with Crippen molar-refractivity contribution in [2.75, 3.05) is 0 Å². The highest BCUT2D eigenvalue weighted by Gasteiger charge is 2.42. The zero-order chi connectivity index (χ0) is 7.84. The maximum absolute atomic E-state index is 6.18. The maximum Gasteiger partial charge on any atom is 0.0629 e. The second-order valence-electron chi connectivity index (χ2n) is 3.39. The largest absolute Gasteiger partial charge is 0.152 e. The Morgan fingerprint density at radius 2 is 1.36 bits per heavy atom. The average molecular weight is 211 g/mol. The molecule has 0 radical (unpaired) electrons. The van der Waals surface area contributed by atoms with E-state index in [4.69, 9.17) is 23.2 Å². The number of hydrogen-bond donors (Lipinski definition) is 0. The van der Waals surface area contributed by atoms with Crippen LogP contribution < -0.4 is 0 Å². The van der Waals surface area contributed by atoms with E-state index in [9.17, 15) is 0 Å². The number of rotatable bonds is 0. The normalized spacial score (nSPS) is 50.7. The molecule has 0 saturated carbocycles. The van der Waals surface area contributed by atoms with Gasteiger partial charge in [0, 0.05) is 10.5 Å². The zero-order valence-corrected chi connectivity index (χ0v) is 8.63. The van der Waals surface area contributed by atoms with Crippen LogP contribution >= 0.6 is 35.0 Å². The van der Waals surface area contributed by atoms with Crippen LogP contribution in [0.2, 0.25) is 0 Å². The molecule has 2 aliphatic heterocycles. The summed E-state index contributed by atoms with van der Waals surface area (Å²) >= 11 is 14.4. The van der Waals surface area contributed by atoms with Crippen molar-refractivity contribution < 1.29 is 0 Å². The summed E-state index contributed by atoms with van der Waals surface area (Å²) in [5.41, 5.74) is 0. The van der Waals surface area contributed by atoms with Crippen LogP contribution in [0.3, 0.4) is 0 Å². The number of fused-ring (bicyclic) bond motifs is 2. The van der Waals surface area contributed by atoms with Crippen LogP contribution in [-0.4, -0.2) is 21.3 Å². The highest BCUT2D eigenvalue weighted by atomic mass is 35.5. The average Bonchev–Trinajstić information content (AvgIpc) is 2.31. The van der Waals surface area contributed by atoms with Crippen LogP contribution in [-0.2, 0) is 0 Å². The molecule has 2 rings (SSSR count). The van der Waals surface area contributed by atoms with Gasteiger partial charge in [-0.15, -0.1) is 23.2 Å². The van der Waals surface area contributed by atoms with Crippen molar-refractivity contribution in [3.05, 3.63) is 0 Å². The second-order valence-corrected chi connectivity index (χ2v) is 5.88. The molecular formula is C8H12Cl2S. The first-order chi connectivity index (χ1) is 5.29. The van der Waals surface area contributed by atoms with Gasteiger partial charge in [-0.3, -0.25) is 0 Å². The molecule has 64 valence electrons. The Labute approximate surface area is 82.0 Å². The molecule has 0 aromatic heterocycles. The highest BCUT2D eigenvalue weighted by molar-refractivity contribution is 8.01. The molecular weight excluding hydrogens is 199 g/mol. The van der Waals surface area contributed by atoms with E-state index in [0.29, 0.717) is 10.5 Å². The zero-order valence-electron chi connectivity index (χ0n) is 6.30. The first-order valence-electron chi connectivity index (χ1n) is 4.22. The molecule has 11 heavy (non-hydrogen) atoms. The Balaban J connectivity index is 2.10. The minimum atomic E-state index is 0.229. The van der Waals surface area contributed by atoms with Gasteiger partial charge in [0.05, 0.1) is 10.8 Å². The molecule has 0 aromatic carbocycles. The van der Waals surface area contributed by atoms with Gasteiger partial charge in [-0.05, 0) is 12.8 Å². The van der Waals surface area contributed by atoms with Crippen molar-refractivity contribution in [2.45, 2.75) is 46.9 Å². The quantitative estimate of drug-likeness (QED) is 0.554. The van der Waals surface area contributed by atoms with Crippen LogP contribution in [0.25, 0.3) is 0 Å². The first-order valence-corrected chi connectivity index (χ1v) is 6.04. The summed E-state index contributed by atoms with van der Waals surface area (Å²) in [4.78, 5) is 0. The van der Waals surface area contributed by atoms with E-state index in [1.165, 1.54) is 25.7 Å². The molecule has 0 N–H and O–H groups in total. The lowest BCUT2D eigenvalue weighted by atomic mass is 10.0. The van der Waals surface area contributed by atoms with Crippen LogP contribution in [0.15, 0.2) is 0 Å². The molecule has 2 bridgehead atoms. The number of thioether (sulfide) groups is 1. The standard InChI is InChI=1S/C8H12Cl2S/c9-7-5-3-1-2-4-6(11-5)8(7)10/h5-8H,1-4H2. The van der Waals surface area contributed by atoms with Crippen molar-refractivity contribution in [2.24, 2.45) is 0 Å². The predicted octanol–water partition coefficient (Wildman–Crippen LogP) is 3.26. The van der Waals surface area contributed by atoms with Gasteiger partial charge in [-0.1, -0.05) is 12.8 Å².